The number of allylic oxidation sites excluding steroid dienone is 17. The van der Waals surface area contributed by atoms with Gasteiger partial charge < -0.3 is 19.4 Å². The number of nitrogens with one attached hydrogen (secondary N) is 1. The molecule has 0 fully saturated rings. The van der Waals surface area contributed by atoms with Gasteiger partial charge in [0.15, 0.2) is 0 Å². The number of ether oxygens (including phenoxy) is 1. The van der Waals surface area contributed by atoms with E-state index in [0.29, 0.717) is 23.9 Å². The van der Waals surface area contributed by atoms with Gasteiger partial charge in [0.1, 0.15) is 19.3 Å². The third kappa shape index (κ3) is 51.4. The number of quaternary nitrogens is 1. The number of carbonyl (C=O) groups excluding carboxylic acids is 2. The molecule has 0 saturated heterocycles. The molecule has 9 nitrogen and oxygen atoms in total. The van der Waals surface area contributed by atoms with Crippen LogP contribution in [0.3, 0.4) is 0 Å². The third-order valence-electron chi connectivity index (χ3n) is 11.9. The summed E-state index contributed by atoms with van der Waals surface area (Å²) in [5.41, 5.74) is 0. The minimum atomic E-state index is -4.46. The van der Waals surface area contributed by atoms with E-state index in [2.05, 4.69) is 62.5 Å². The molecule has 0 aliphatic heterocycles. The molecule has 406 valence electrons. The molecule has 0 radical (unpaired) electrons. The number of hydrogen-bond donors (Lipinski definition) is 2. The Morgan fingerprint density at radius 3 is 1.41 bits per heavy atom. The minimum absolute atomic E-state index is 0.0243. The molecular weight excluding hydrogens is 904 g/mol. The lowest BCUT2D eigenvalue weighted by Crippen LogP contribution is -2.47. The molecule has 3 atom stereocenters. The van der Waals surface area contributed by atoms with Crippen molar-refractivity contribution in [2.75, 3.05) is 40.9 Å². The number of rotatable bonds is 49. The summed E-state index contributed by atoms with van der Waals surface area (Å²) in [6.07, 6.45) is 67.9. The maximum absolute atomic E-state index is 13.5. The molecule has 0 saturated carbocycles. The molecule has 71 heavy (non-hydrogen) atoms. The molecule has 0 heterocycles. The van der Waals surface area contributed by atoms with Crippen LogP contribution in [0.1, 0.15) is 213 Å². The maximum atomic E-state index is 13.5. The smallest absolute Gasteiger partial charge is 0.456 e. The van der Waals surface area contributed by atoms with Crippen LogP contribution in [0.15, 0.2) is 109 Å². The molecule has 3 unspecified atom stereocenters. The average Bonchev–Trinajstić information content (AvgIpc) is 3.33. The molecule has 0 aromatic carbocycles. The fraction of sp³-hybridized carbons (Fsp3) is 0.672. The van der Waals surface area contributed by atoms with E-state index in [1.165, 1.54) is 77.0 Å². The summed E-state index contributed by atoms with van der Waals surface area (Å²) in [5.74, 6) is -0.578. The highest BCUT2D eigenvalue weighted by atomic mass is 31.2. The van der Waals surface area contributed by atoms with Gasteiger partial charge in [0, 0.05) is 12.8 Å². The standard InChI is InChI=1S/C61H105N2O7P/c1-7-10-13-16-19-22-25-28-30-31-33-36-39-42-45-48-51-54-61(65)70-59(52-49-46-43-40-37-34-27-24-21-18-15-12-9-3)58(57-69-71(66,67)68-56-55-63(4,5)6)62-60(64)53-50-47-44-41-38-35-32-29-26-23-20-17-14-11-8-2/h10,13,16,19-20,22-23,25-26,28-31,33,36,39,49,52,58-59H,7-9,11-12,14-15,17-18,21,24,27,32,34-35,37-38,40-48,50-51,53-57H2,1-6H3,(H-,62,64,66,67)/p+1/b13-10-,19-16+,23-20+,25-22+,29-26+,30-28-,33-31+,39-36+,52-49+. The minimum Gasteiger partial charge on any atom is -0.456 e. The van der Waals surface area contributed by atoms with Gasteiger partial charge in [-0.05, 0) is 76.7 Å². The van der Waals surface area contributed by atoms with Gasteiger partial charge in [-0.3, -0.25) is 18.6 Å². The van der Waals surface area contributed by atoms with E-state index >= 15 is 0 Å². The number of nitrogens with zero attached hydrogens (tertiary/aromatic N) is 1. The van der Waals surface area contributed by atoms with Crippen molar-refractivity contribution in [2.24, 2.45) is 0 Å². The number of phosphoric acid groups is 1. The first-order chi connectivity index (χ1) is 34.4. The van der Waals surface area contributed by atoms with Gasteiger partial charge in [-0.15, -0.1) is 0 Å². The molecular formula is C61H106N2O7P+. The van der Waals surface area contributed by atoms with Crippen LogP contribution in [0.5, 0.6) is 0 Å². The predicted molar refractivity (Wildman–Crippen MR) is 304 cm³/mol. The van der Waals surface area contributed by atoms with E-state index in [1.54, 1.807) is 0 Å². The van der Waals surface area contributed by atoms with E-state index in [-0.39, 0.29) is 31.5 Å². The first-order valence-corrected chi connectivity index (χ1v) is 29.8. The highest BCUT2D eigenvalue weighted by Crippen LogP contribution is 2.43. The Bertz CT molecular complexity index is 1580. The number of unbranched alkanes of at least 4 members (excludes halogenated alkanes) is 23. The number of amides is 1. The fourth-order valence-corrected chi connectivity index (χ4v) is 8.23. The van der Waals surface area contributed by atoms with E-state index in [1.807, 2.05) is 94.1 Å². The van der Waals surface area contributed by atoms with Crippen molar-refractivity contribution in [1.82, 2.24) is 5.32 Å². The van der Waals surface area contributed by atoms with Gasteiger partial charge in [-0.2, -0.15) is 0 Å². The van der Waals surface area contributed by atoms with Crippen molar-refractivity contribution < 1.29 is 37.3 Å². The topological polar surface area (TPSA) is 111 Å². The summed E-state index contributed by atoms with van der Waals surface area (Å²) in [4.78, 5) is 37.6. The molecule has 0 spiro atoms. The highest BCUT2D eigenvalue weighted by Gasteiger charge is 2.30. The van der Waals surface area contributed by atoms with E-state index in [4.69, 9.17) is 13.8 Å². The summed E-state index contributed by atoms with van der Waals surface area (Å²) >= 11 is 0. The van der Waals surface area contributed by atoms with Crippen LogP contribution in [-0.2, 0) is 27.9 Å². The van der Waals surface area contributed by atoms with Crippen molar-refractivity contribution in [3.8, 4) is 0 Å². The van der Waals surface area contributed by atoms with Crippen LogP contribution < -0.4 is 5.32 Å². The zero-order chi connectivity index (χ0) is 52.2. The lowest BCUT2D eigenvalue weighted by molar-refractivity contribution is -0.870. The Morgan fingerprint density at radius 1 is 0.507 bits per heavy atom. The monoisotopic (exact) mass is 1010 g/mol. The molecule has 0 aromatic rings. The quantitative estimate of drug-likeness (QED) is 0.0156. The number of likely N-dealkylation sites (N-methyl/N-ethyl adjacent to an activating group) is 1. The number of phosphoric ester groups is 1. The predicted octanol–water partition coefficient (Wildman–Crippen LogP) is 17.0. The third-order valence-corrected chi connectivity index (χ3v) is 12.9. The van der Waals surface area contributed by atoms with Crippen LogP contribution in [0.4, 0.5) is 0 Å². The SMILES string of the molecule is CC\C=C/C=C/C=C/C=C\C=C\C=C\CCCCCC(=O)OC(/C=C/CCCCCCCCCCCCC)C(COP(=O)(O)OCC[N+](C)(C)C)NC(=O)CCCCCCCC/C=C/C=C/CCCCC. The maximum Gasteiger partial charge on any atom is 0.472 e. The zero-order valence-electron chi connectivity index (χ0n) is 46.2. The molecule has 0 bridgehead atoms. The van der Waals surface area contributed by atoms with Crippen LogP contribution in [-0.4, -0.2) is 74.3 Å². The van der Waals surface area contributed by atoms with Gasteiger partial charge >= 0.3 is 13.8 Å². The van der Waals surface area contributed by atoms with Gasteiger partial charge in [0.05, 0.1) is 33.8 Å². The van der Waals surface area contributed by atoms with E-state index in [9.17, 15) is 19.0 Å². The summed E-state index contributed by atoms with van der Waals surface area (Å²) in [7, 11) is 1.44. The highest BCUT2D eigenvalue weighted by molar-refractivity contribution is 7.47. The summed E-state index contributed by atoms with van der Waals surface area (Å²) < 4.78 is 30.6. The Kier molecular flexibility index (Phi) is 47.9. The lowest BCUT2D eigenvalue weighted by atomic mass is 10.0. The van der Waals surface area contributed by atoms with Crippen molar-refractivity contribution >= 4 is 19.7 Å². The van der Waals surface area contributed by atoms with Crippen molar-refractivity contribution in [2.45, 2.75) is 226 Å². The summed E-state index contributed by atoms with van der Waals surface area (Å²) in [6.45, 7) is 6.77. The van der Waals surface area contributed by atoms with E-state index in [0.717, 1.165) is 96.3 Å². The van der Waals surface area contributed by atoms with Crippen LogP contribution in [0, 0.1) is 0 Å². The van der Waals surface area contributed by atoms with Crippen molar-refractivity contribution in [1.29, 1.82) is 0 Å². The Balaban J connectivity index is 5.52. The van der Waals surface area contributed by atoms with Crippen molar-refractivity contribution in [3.05, 3.63) is 109 Å². The van der Waals surface area contributed by atoms with E-state index < -0.39 is 20.0 Å². The summed E-state index contributed by atoms with van der Waals surface area (Å²) in [6, 6.07) is -0.879. The largest absolute Gasteiger partial charge is 0.472 e. The first kappa shape index (κ1) is 67.7. The molecule has 1 amide bonds. The van der Waals surface area contributed by atoms with Crippen LogP contribution in [0.25, 0.3) is 0 Å². The van der Waals surface area contributed by atoms with Gasteiger partial charge in [0.2, 0.25) is 5.91 Å². The Morgan fingerprint density at radius 2 is 0.901 bits per heavy atom. The van der Waals surface area contributed by atoms with Crippen LogP contribution >= 0.6 is 7.82 Å². The fourth-order valence-electron chi connectivity index (χ4n) is 7.49. The summed E-state index contributed by atoms with van der Waals surface area (Å²) in [5, 5.41) is 3.03. The number of hydrogen-bond acceptors (Lipinski definition) is 6. The molecule has 10 heteroatoms. The first-order valence-electron chi connectivity index (χ1n) is 28.3. The van der Waals surface area contributed by atoms with Crippen LogP contribution in [0.2, 0.25) is 0 Å². The Hall–Kier alpha value is -3.33. The molecule has 0 aliphatic rings. The Labute approximate surface area is 436 Å². The van der Waals surface area contributed by atoms with Gasteiger partial charge in [-0.1, -0.05) is 233 Å². The van der Waals surface area contributed by atoms with Gasteiger partial charge in [-0.25, -0.2) is 4.57 Å². The van der Waals surface area contributed by atoms with Gasteiger partial charge in [0.25, 0.3) is 0 Å². The number of esters is 1. The van der Waals surface area contributed by atoms with Crippen molar-refractivity contribution in [3.63, 3.8) is 0 Å². The lowest BCUT2D eigenvalue weighted by Gasteiger charge is -2.27. The molecule has 0 aromatic heterocycles. The second kappa shape index (κ2) is 50.2. The molecule has 0 rings (SSSR count). The zero-order valence-corrected chi connectivity index (χ0v) is 47.1. The second-order valence-electron chi connectivity index (χ2n) is 19.9. The molecule has 0 aliphatic carbocycles. The second-order valence-corrected chi connectivity index (χ2v) is 21.4. The number of carbonyl (C=O) groups is 2. The normalized spacial score (nSPS) is 14.6. The average molecular weight is 1010 g/mol. The molecule has 2 N–H and O–H groups in total.